The van der Waals surface area contributed by atoms with Gasteiger partial charge in [0.05, 0.1) is 6.61 Å². The quantitative estimate of drug-likeness (QED) is 0.736. The molecule has 5 heteroatoms. The Bertz CT molecular complexity index is 319. The van der Waals surface area contributed by atoms with Gasteiger partial charge in [-0.25, -0.2) is 0 Å². The minimum atomic E-state index is 0.309. The summed E-state index contributed by atoms with van der Waals surface area (Å²) in [7, 11) is 0. The Morgan fingerprint density at radius 3 is 1.74 bits per heavy atom. The molecule has 3 fully saturated rings. The fraction of sp³-hybridized carbons (Fsp3) is 1.00. The van der Waals surface area contributed by atoms with Gasteiger partial charge in [-0.15, -0.1) is 0 Å². The van der Waals surface area contributed by atoms with E-state index in [-0.39, 0.29) is 0 Å². The van der Waals surface area contributed by atoms with Crippen molar-refractivity contribution in [1.29, 1.82) is 0 Å². The van der Waals surface area contributed by atoms with Crippen LogP contribution >= 0.6 is 0 Å². The predicted octanol–water partition coefficient (Wildman–Crippen LogP) is 0.308. The third-order valence-corrected chi connectivity index (χ3v) is 6.08. The van der Waals surface area contributed by atoms with Gasteiger partial charge in [-0.05, 0) is 63.7 Å². The molecule has 5 nitrogen and oxygen atoms in total. The van der Waals surface area contributed by atoms with E-state index in [0.29, 0.717) is 6.61 Å². The number of likely N-dealkylation sites (tertiary alicyclic amines) is 1. The maximum absolute atomic E-state index is 9.03. The third kappa shape index (κ3) is 5.68. The maximum atomic E-state index is 9.03. The smallest absolute Gasteiger partial charge is 0.0558 e. The van der Waals surface area contributed by atoms with Gasteiger partial charge in [-0.1, -0.05) is 0 Å². The molecule has 0 bridgehead atoms. The average molecular weight is 325 g/mol. The predicted molar refractivity (Wildman–Crippen MR) is 94.7 cm³/mol. The highest BCUT2D eigenvalue weighted by Crippen LogP contribution is 2.20. The molecule has 0 radical (unpaired) electrons. The fourth-order valence-electron chi connectivity index (χ4n) is 4.48. The van der Waals surface area contributed by atoms with Crippen molar-refractivity contribution in [1.82, 2.24) is 20.0 Å². The monoisotopic (exact) mass is 324 g/mol. The molecule has 3 aliphatic rings. The molecule has 0 aromatic carbocycles. The van der Waals surface area contributed by atoms with Crippen LogP contribution in [-0.4, -0.2) is 98.4 Å². The molecule has 3 saturated heterocycles. The van der Waals surface area contributed by atoms with E-state index >= 15 is 0 Å². The summed E-state index contributed by atoms with van der Waals surface area (Å²) in [5, 5.41) is 12.5. The lowest BCUT2D eigenvalue weighted by molar-refractivity contribution is 0.0804. The zero-order chi connectivity index (χ0) is 15.9. The Kier molecular flexibility index (Phi) is 7.14. The highest BCUT2D eigenvalue weighted by Gasteiger charge is 2.25. The van der Waals surface area contributed by atoms with Crippen molar-refractivity contribution in [2.45, 2.75) is 25.7 Å². The Labute approximate surface area is 142 Å². The van der Waals surface area contributed by atoms with Crippen molar-refractivity contribution in [2.75, 3.05) is 78.6 Å². The van der Waals surface area contributed by atoms with E-state index in [1.807, 2.05) is 0 Å². The molecule has 3 aliphatic heterocycles. The van der Waals surface area contributed by atoms with Gasteiger partial charge in [-0.2, -0.15) is 0 Å². The van der Waals surface area contributed by atoms with Gasteiger partial charge in [0.15, 0.2) is 0 Å². The van der Waals surface area contributed by atoms with Crippen LogP contribution in [0.25, 0.3) is 0 Å². The zero-order valence-electron chi connectivity index (χ0n) is 14.8. The Morgan fingerprint density at radius 2 is 1.22 bits per heavy atom. The van der Waals surface area contributed by atoms with E-state index in [0.717, 1.165) is 18.4 Å². The summed E-state index contributed by atoms with van der Waals surface area (Å²) in [6, 6.07) is 0. The minimum Gasteiger partial charge on any atom is -0.395 e. The molecular weight excluding hydrogens is 288 g/mol. The number of aliphatic hydroxyl groups is 1. The van der Waals surface area contributed by atoms with Crippen LogP contribution in [0.2, 0.25) is 0 Å². The molecule has 0 unspecified atom stereocenters. The summed E-state index contributed by atoms with van der Waals surface area (Å²) in [5.41, 5.74) is 0. The molecule has 3 rings (SSSR count). The van der Waals surface area contributed by atoms with E-state index < -0.39 is 0 Å². The second kappa shape index (κ2) is 9.33. The molecule has 0 aromatic rings. The summed E-state index contributed by atoms with van der Waals surface area (Å²) in [6.07, 6.45) is 5.36. The molecule has 134 valence electrons. The lowest BCUT2D eigenvalue weighted by Gasteiger charge is -2.40. The van der Waals surface area contributed by atoms with Crippen molar-refractivity contribution in [3.63, 3.8) is 0 Å². The third-order valence-electron chi connectivity index (χ3n) is 6.08. The molecule has 0 atom stereocenters. The van der Waals surface area contributed by atoms with Crippen molar-refractivity contribution in [3.8, 4) is 0 Å². The van der Waals surface area contributed by atoms with Crippen LogP contribution in [0, 0.1) is 11.8 Å². The molecular formula is C18H36N4O. The van der Waals surface area contributed by atoms with Crippen molar-refractivity contribution in [2.24, 2.45) is 11.8 Å². The molecule has 0 saturated carbocycles. The minimum absolute atomic E-state index is 0.309. The summed E-state index contributed by atoms with van der Waals surface area (Å²) in [4.78, 5) is 7.81. The molecule has 0 spiro atoms. The van der Waals surface area contributed by atoms with E-state index in [4.69, 9.17) is 5.11 Å². The number of nitrogens with zero attached hydrogens (tertiary/aromatic N) is 3. The van der Waals surface area contributed by atoms with Gasteiger partial charge in [0.2, 0.25) is 0 Å². The van der Waals surface area contributed by atoms with E-state index in [2.05, 4.69) is 20.0 Å². The van der Waals surface area contributed by atoms with Crippen LogP contribution in [0.4, 0.5) is 0 Å². The number of hydrogen-bond donors (Lipinski definition) is 2. The Balaban J connectivity index is 1.30. The number of β-amino-alcohol motifs (C(OH)–C–C–N with tert-alkyl or cyclic N) is 1. The first-order valence-corrected chi connectivity index (χ1v) is 9.82. The average Bonchev–Trinajstić information content (AvgIpc) is 2.60. The molecule has 23 heavy (non-hydrogen) atoms. The van der Waals surface area contributed by atoms with Crippen LogP contribution in [0.1, 0.15) is 25.7 Å². The van der Waals surface area contributed by atoms with E-state index in [1.54, 1.807) is 0 Å². The van der Waals surface area contributed by atoms with Gasteiger partial charge in [0.1, 0.15) is 0 Å². The van der Waals surface area contributed by atoms with Gasteiger partial charge >= 0.3 is 0 Å². The van der Waals surface area contributed by atoms with Crippen molar-refractivity contribution >= 4 is 0 Å². The van der Waals surface area contributed by atoms with Gasteiger partial charge in [0, 0.05) is 45.8 Å². The molecule has 3 heterocycles. The summed E-state index contributed by atoms with van der Waals surface area (Å²) in [5.74, 6) is 1.81. The van der Waals surface area contributed by atoms with Crippen LogP contribution in [0.3, 0.4) is 0 Å². The molecule has 0 aromatic heterocycles. The van der Waals surface area contributed by atoms with Crippen LogP contribution < -0.4 is 5.32 Å². The normalized spacial score (nSPS) is 27.5. The van der Waals surface area contributed by atoms with Gasteiger partial charge < -0.3 is 25.1 Å². The highest BCUT2D eigenvalue weighted by atomic mass is 16.3. The molecule has 0 amide bonds. The number of rotatable bonds is 6. The molecule has 2 N–H and O–H groups in total. The maximum Gasteiger partial charge on any atom is 0.0558 e. The summed E-state index contributed by atoms with van der Waals surface area (Å²) in [6.45, 7) is 13.7. The first-order valence-electron chi connectivity index (χ1n) is 9.82. The second-order valence-electron chi connectivity index (χ2n) is 7.80. The molecule has 0 aliphatic carbocycles. The summed E-state index contributed by atoms with van der Waals surface area (Å²) < 4.78 is 0. The Hall–Kier alpha value is -0.200. The van der Waals surface area contributed by atoms with Gasteiger partial charge in [0.25, 0.3) is 0 Å². The Morgan fingerprint density at radius 1 is 0.696 bits per heavy atom. The lowest BCUT2D eigenvalue weighted by atomic mass is 9.95. The highest BCUT2D eigenvalue weighted by molar-refractivity contribution is 4.80. The number of hydrogen-bond acceptors (Lipinski definition) is 5. The van der Waals surface area contributed by atoms with Crippen molar-refractivity contribution in [3.05, 3.63) is 0 Å². The number of piperidine rings is 2. The fourth-order valence-corrected chi connectivity index (χ4v) is 4.48. The van der Waals surface area contributed by atoms with Gasteiger partial charge in [-0.3, -0.25) is 0 Å². The second-order valence-corrected chi connectivity index (χ2v) is 7.80. The SMILES string of the molecule is OCCN1CCC(CN2CCN(CC3CCNCC3)CC2)CC1. The largest absolute Gasteiger partial charge is 0.395 e. The lowest BCUT2D eigenvalue weighted by Crippen LogP contribution is -2.50. The standard InChI is InChI=1S/C18H36N4O/c23-14-13-20-7-3-18(4-8-20)16-22-11-9-21(10-12-22)15-17-1-5-19-6-2-17/h17-19,23H,1-16H2. The number of aliphatic hydroxyl groups excluding tert-OH is 1. The van der Waals surface area contributed by atoms with Crippen LogP contribution in [0.15, 0.2) is 0 Å². The van der Waals surface area contributed by atoms with Crippen LogP contribution in [-0.2, 0) is 0 Å². The number of nitrogens with one attached hydrogen (secondary N) is 1. The first kappa shape index (κ1) is 17.6. The van der Waals surface area contributed by atoms with E-state index in [9.17, 15) is 0 Å². The first-order chi connectivity index (χ1) is 11.3. The topological polar surface area (TPSA) is 42.0 Å². The number of piperazine rings is 1. The van der Waals surface area contributed by atoms with E-state index in [1.165, 1.54) is 91.1 Å². The van der Waals surface area contributed by atoms with Crippen LogP contribution in [0.5, 0.6) is 0 Å². The summed E-state index contributed by atoms with van der Waals surface area (Å²) >= 11 is 0. The van der Waals surface area contributed by atoms with Crippen molar-refractivity contribution < 1.29 is 5.11 Å². The zero-order valence-corrected chi connectivity index (χ0v) is 14.8.